The molecule has 21 heavy (non-hydrogen) atoms. The standard InChI is InChI=1S/C14H12ClNO4S/c1-9-2-5-14(11(15)6-9)21(17,18)16-10-3-4-12-13(7-10)20-8-19-12/h2-7,16H,8H2,1H3. The fourth-order valence-corrected chi connectivity index (χ4v) is 3.64. The summed E-state index contributed by atoms with van der Waals surface area (Å²) in [6.45, 7) is 1.98. The molecule has 1 N–H and O–H groups in total. The average molecular weight is 326 g/mol. The number of ether oxygens (including phenoxy) is 2. The Balaban J connectivity index is 1.92. The second-order valence-electron chi connectivity index (χ2n) is 4.61. The number of sulfonamides is 1. The summed E-state index contributed by atoms with van der Waals surface area (Å²) in [6.07, 6.45) is 0. The molecule has 2 aromatic rings. The lowest BCUT2D eigenvalue weighted by Crippen LogP contribution is -2.13. The minimum atomic E-state index is -3.76. The van der Waals surface area contributed by atoms with Crippen LogP contribution in [0.15, 0.2) is 41.3 Å². The molecule has 0 aromatic heterocycles. The maximum atomic E-state index is 12.4. The first-order chi connectivity index (χ1) is 9.95. The van der Waals surface area contributed by atoms with E-state index in [9.17, 15) is 8.42 Å². The third-order valence-corrected chi connectivity index (χ3v) is 4.87. The third kappa shape index (κ3) is 2.77. The number of fused-ring (bicyclic) bond motifs is 1. The van der Waals surface area contributed by atoms with Crippen molar-refractivity contribution in [2.45, 2.75) is 11.8 Å². The molecule has 3 rings (SSSR count). The van der Waals surface area contributed by atoms with E-state index < -0.39 is 10.0 Å². The number of rotatable bonds is 3. The van der Waals surface area contributed by atoms with Gasteiger partial charge in [0.2, 0.25) is 6.79 Å². The Bertz CT molecular complexity index is 805. The number of hydrogen-bond acceptors (Lipinski definition) is 4. The Hall–Kier alpha value is -1.92. The smallest absolute Gasteiger partial charge is 0.263 e. The lowest BCUT2D eigenvalue weighted by atomic mass is 10.2. The van der Waals surface area contributed by atoms with Gasteiger partial charge in [-0.3, -0.25) is 4.72 Å². The van der Waals surface area contributed by atoms with Crippen LogP contribution in [-0.4, -0.2) is 15.2 Å². The first-order valence-electron chi connectivity index (χ1n) is 6.14. The molecular formula is C14H12ClNO4S. The SMILES string of the molecule is Cc1ccc(S(=O)(=O)Nc2ccc3c(c2)OCO3)c(Cl)c1. The fraction of sp³-hybridized carbons (Fsp3) is 0.143. The predicted octanol–water partition coefficient (Wildman–Crippen LogP) is 3.18. The third-order valence-electron chi connectivity index (χ3n) is 3.00. The fourth-order valence-electron chi connectivity index (χ4n) is 1.99. The molecule has 0 fully saturated rings. The minimum Gasteiger partial charge on any atom is -0.454 e. The lowest BCUT2D eigenvalue weighted by molar-refractivity contribution is 0.174. The van der Waals surface area contributed by atoms with Gasteiger partial charge in [0.25, 0.3) is 10.0 Å². The van der Waals surface area contributed by atoms with Gasteiger partial charge in [0.05, 0.1) is 10.7 Å². The van der Waals surface area contributed by atoms with Crippen molar-refractivity contribution >= 4 is 27.3 Å². The van der Waals surface area contributed by atoms with Crippen molar-refractivity contribution in [3.8, 4) is 11.5 Å². The highest BCUT2D eigenvalue weighted by molar-refractivity contribution is 7.92. The largest absolute Gasteiger partial charge is 0.454 e. The van der Waals surface area contributed by atoms with Gasteiger partial charge in [0, 0.05) is 6.07 Å². The summed E-state index contributed by atoms with van der Waals surface area (Å²) in [7, 11) is -3.76. The van der Waals surface area contributed by atoms with Crippen LogP contribution in [0.5, 0.6) is 11.5 Å². The van der Waals surface area contributed by atoms with Crippen LogP contribution in [0, 0.1) is 6.92 Å². The molecule has 2 aromatic carbocycles. The van der Waals surface area contributed by atoms with Crippen LogP contribution in [0.3, 0.4) is 0 Å². The molecule has 0 spiro atoms. The van der Waals surface area contributed by atoms with Gasteiger partial charge in [-0.25, -0.2) is 8.42 Å². The quantitative estimate of drug-likeness (QED) is 0.941. The van der Waals surface area contributed by atoms with Crippen molar-refractivity contribution in [1.82, 2.24) is 0 Å². The molecule has 0 radical (unpaired) electrons. The molecule has 0 atom stereocenters. The molecule has 110 valence electrons. The monoisotopic (exact) mass is 325 g/mol. The second-order valence-corrected chi connectivity index (χ2v) is 6.67. The van der Waals surface area contributed by atoms with Crippen molar-refractivity contribution in [3.05, 3.63) is 47.0 Å². The molecule has 0 unspecified atom stereocenters. The molecular weight excluding hydrogens is 314 g/mol. The summed E-state index contributed by atoms with van der Waals surface area (Å²) < 4.78 is 37.6. The maximum Gasteiger partial charge on any atom is 0.263 e. The molecule has 0 saturated heterocycles. The first kappa shape index (κ1) is 14.0. The molecule has 1 heterocycles. The van der Waals surface area contributed by atoms with Crippen molar-refractivity contribution in [1.29, 1.82) is 0 Å². The zero-order chi connectivity index (χ0) is 15.0. The normalized spacial score (nSPS) is 13.2. The van der Waals surface area contributed by atoms with Gasteiger partial charge in [-0.1, -0.05) is 17.7 Å². The van der Waals surface area contributed by atoms with E-state index in [0.717, 1.165) is 5.56 Å². The van der Waals surface area contributed by atoms with Gasteiger partial charge in [-0.2, -0.15) is 0 Å². The zero-order valence-electron chi connectivity index (χ0n) is 11.1. The average Bonchev–Trinajstić information content (AvgIpc) is 2.85. The predicted molar refractivity (Wildman–Crippen MR) is 79.6 cm³/mol. The van der Waals surface area contributed by atoms with Crippen molar-refractivity contribution < 1.29 is 17.9 Å². The van der Waals surface area contributed by atoms with Gasteiger partial charge in [0.15, 0.2) is 11.5 Å². The summed E-state index contributed by atoms with van der Waals surface area (Å²) >= 11 is 6.01. The zero-order valence-corrected chi connectivity index (χ0v) is 12.7. The van der Waals surface area contributed by atoms with Crippen LogP contribution in [0.25, 0.3) is 0 Å². The number of aryl methyl sites for hydroxylation is 1. The lowest BCUT2D eigenvalue weighted by Gasteiger charge is -2.10. The van der Waals surface area contributed by atoms with E-state index in [1.165, 1.54) is 6.07 Å². The van der Waals surface area contributed by atoms with Crippen LogP contribution in [0.2, 0.25) is 5.02 Å². The highest BCUT2D eigenvalue weighted by Crippen LogP contribution is 2.35. The van der Waals surface area contributed by atoms with E-state index >= 15 is 0 Å². The van der Waals surface area contributed by atoms with Crippen LogP contribution in [0.4, 0.5) is 5.69 Å². The minimum absolute atomic E-state index is 0.0347. The summed E-state index contributed by atoms with van der Waals surface area (Å²) in [5, 5.41) is 0.184. The first-order valence-corrected chi connectivity index (χ1v) is 8.00. The van der Waals surface area contributed by atoms with Crippen LogP contribution in [0.1, 0.15) is 5.56 Å². The maximum absolute atomic E-state index is 12.4. The van der Waals surface area contributed by atoms with Gasteiger partial charge < -0.3 is 9.47 Å². The van der Waals surface area contributed by atoms with Crippen LogP contribution >= 0.6 is 11.6 Å². The summed E-state index contributed by atoms with van der Waals surface area (Å²) in [6, 6.07) is 9.61. The van der Waals surface area contributed by atoms with E-state index in [0.29, 0.717) is 17.2 Å². The molecule has 0 saturated carbocycles. The number of nitrogens with one attached hydrogen (secondary N) is 1. The van der Waals surface area contributed by atoms with Crippen LogP contribution in [-0.2, 0) is 10.0 Å². The topological polar surface area (TPSA) is 64.6 Å². The summed E-state index contributed by atoms with van der Waals surface area (Å²) in [5.41, 5.74) is 1.28. The molecule has 7 heteroatoms. The Labute approximate surface area is 127 Å². The van der Waals surface area contributed by atoms with Gasteiger partial charge in [0.1, 0.15) is 4.90 Å². The van der Waals surface area contributed by atoms with Gasteiger partial charge in [-0.05, 0) is 36.8 Å². The van der Waals surface area contributed by atoms with Crippen LogP contribution < -0.4 is 14.2 Å². The highest BCUT2D eigenvalue weighted by Gasteiger charge is 2.20. The van der Waals surface area contributed by atoms with Crippen molar-refractivity contribution in [3.63, 3.8) is 0 Å². The number of benzene rings is 2. The summed E-state index contributed by atoms with van der Waals surface area (Å²) in [4.78, 5) is 0.0347. The van der Waals surface area contributed by atoms with Gasteiger partial charge in [-0.15, -0.1) is 0 Å². The van der Waals surface area contributed by atoms with Crippen molar-refractivity contribution in [2.24, 2.45) is 0 Å². The van der Waals surface area contributed by atoms with E-state index in [1.807, 2.05) is 6.92 Å². The van der Waals surface area contributed by atoms with E-state index in [4.69, 9.17) is 21.1 Å². The van der Waals surface area contributed by atoms with Crippen molar-refractivity contribution in [2.75, 3.05) is 11.5 Å². The Kier molecular flexibility index (Phi) is 3.43. The van der Waals surface area contributed by atoms with E-state index in [2.05, 4.69) is 4.72 Å². The Morgan fingerprint density at radius 1 is 1.10 bits per heavy atom. The Morgan fingerprint density at radius 3 is 2.62 bits per heavy atom. The molecule has 0 aliphatic carbocycles. The molecule has 0 amide bonds. The highest BCUT2D eigenvalue weighted by atomic mass is 35.5. The number of anilines is 1. The summed E-state index contributed by atoms with van der Waals surface area (Å²) in [5.74, 6) is 1.09. The molecule has 1 aliphatic heterocycles. The van der Waals surface area contributed by atoms with E-state index in [-0.39, 0.29) is 16.7 Å². The molecule has 0 bridgehead atoms. The number of halogens is 1. The Morgan fingerprint density at radius 2 is 1.86 bits per heavy atom. The van der Waals surface area contributed by atoms with Gasteiger partial charge >= 0.3 is 0 Å². The molecule has 5 nitrogen and oxygen atoms in total. The molecule has 1 aliphatic rings. The number of hydrogen-bond donors (Lipinski definition) is 1. The second kappa shape index (κ2) is 5.13. The van der Waals surface area contributed by atoms with E-state index in [1.54, 1.807) is 30.3 Å².